The lowest BCUT2D eigenvalue weighted by Gasteiger charge is -2.11. The Labute approximate surface area is 198 Å². The molecule has 0 aliphatic rings. The number of hydrogen-bond acceptors (Lipinski definition) is 3. The lowest BCUT2D eigenvalue weighted by atomic mass is 9.99. The molecule has 4 aromatic carbocycles. The standard InChI is InChI=1S/C31H21N3/c1-2-8-25(9-3-1)30-31(34-29-12-5-4-11-28(29)33-30)26-19-15-23(16-20-26)22-13-17-24(18-14-22)27-10-6-7-21-32-27/h1-21H. The summed E-state index contributed by atoms with van der Waals surface area (Å²) in [5.41, 5.74) is 10.1. The smallest absolute Gasteiger partial charge is 0.0973 e. The first kappa shape index (κ1) is 20.0. The van der Waals surface area contributed by atoms with Gasteiger partial charge in [0, 0.05) is 22.9 Å². The number of nitrogens with zero attached hydrogens (tertiary/aromatic N) is 3. The fraction of sp³-hybridized carbons (Fsp3) is 0. The second kappa shape index (κ2) is 8.72. The van der Waals surface area contributed by atoms with E-state index in [0.29, 0.717) is 0 Å². The maximum absolute atomic E-state index is 5.00. The monoisotopic (exact) mass is 435 g/mol. The van der Waals surface area contributed by atoms with Gasteiger partial charge in [0.15, 0.2) is 0 Å². The number of para-hydroxylation sites is 2. The highest BCUT2D eigenvalue weighted by Crippen LogP contribution is 2.32. The molecule has 0 aliphatic heterocycles. The van der Waals surface area contributed by atoms with Crippen LogP contribution in [0.15, 0.2) is 128 Å². The Morgan fingerprint density at radius 1 is 0.353 bits per heavy atom. The van der Waals surface area contributed by atoms with Gasteiger partial charge >= 0.3 is 0 Å². The third kappa shape index (κ3) is 3.84. The topological polar surface area (TPSA) is 38.7 Å². The molecular weight excluding hydrogens is 414 g/mol. The predicted molar refractivity (Wildman–Crippen MR) is 139 cm³/mol. The minimum absolute atomic E-state index is 0.891. The van der Waals surface area contributed by atoms with Crippen LogP contribution in [-0.2, 0) is 0 Å². The summed E-state index contributed by atoms with van der Waals surface area (Å²) in [5, 5.41) is 0. The van der Waals surface area contributed by atoms with Gasteiger partial charge in [-0.05, 0) is 35.4 Å². The predicted octanol–water partition coefficient (Wildman–Crippen LogP) is 7.69. The normalized spacial score (nSPS) is 10.9. The van der Waals surface area contributed by atoms with Gasteiger partial charge in [-0.25, -0.2) is 9.97 Å². The van der Waals surface area contributed by atoms with Crippen LogP contribution in [0.4, 0.5) is 0 Å². The number of aromatic nitrogens is 3. The molecule has 0 amide bonds. The van der Waals surface area contributed by atoms with E-state index in [1.807, 2.05) is 66.9 Å². The minimum Gasteiger partial charge on any atom is -0.256 e. The van der Waals surface area contributed by atoms with Gasteiger partial charge in [0.25, 0.3) is 0 Å². The Hall–Kier alpha value is -4.63. The zero-order valence-electron chi connectivity index (χ0n) is 18.5. The van der Waals surface area contributed by atoms with Gasteiger partial charge in [0.2, 0.25) is 0 Å². The van der Waals surface area contributed by atoms with E-state index in [0.717, 1.165) is 50.4 Å². The minimum atomic E-state index is 0.891. The van der Waals surface area contributed by atoms with E-state index in [-0.39, 0.29) is 0 Å². The lowest BCUT2D eigenvalue weighted by Crippen LogP contribution is -1.95. The molecule has 0 bridgehead atoms. The van der Waals surface area contributed by atoms with Crippen molar-refractivity contribution in [1.82, 2.24) is 15.0 Å². The number of benzene rings is 4. The summed E-state index contributed by atoms with van der Waals surface area (Å²) in [6.45, 7) is 0. The summed E-state index contributed by atoms with van der Waals surface area (Å²) >= 11 is 0. The Balaban J connectivity index is 1.38. The maximum Gasteiger partial charge on any atom is 0.0973 e. The molecule has 0 aliphatic carbocycles. The molecule has 160 valence electrons. The molecule has 6 aromatic rings. The summed E-state index contributed by atoms with van der Waals surface area (Å²) in [6, 6.07) is 41.3. The first-order chi connectivity index (χ1) is 16.8. The van der Waals surface area contributed by atoms with Crippen molar-refractivity contribution in [3.05, 3.63) is 128 Å². The van der Waals surface area contributed by atoms with Crippen LogP contribution in [0.3, 0.4) is 0 Å². The van der Waals surface area contributed by atoms with Crippen LogP contribution in [0.1, 0.15) is 0 Å². The van der Waals surface area contributed by atoms with Crippen molar-refractivity contribution in [1.29, 1.82) is 0 Å². The van der Waals surface area contributed by atoms with Crippen LogP contribution in [0.25, 0.3) is 55.9 Å². The molecule has 0 spiro atoms. The van der Waals surface area contributed by atoms with Crippen molar-refractivity contribution >= 4 is 11.0 Å². The van der Waals surface area contributed by atoms with Gasteiger partial charge in [0.05, 0.1) is 28.1 Å². The van der Waals surface area contributed by atoms with Crippen LogP contribution >= 0.6 is 0 Å². The molecule has 0 radical (unpaired) electrons. The van der Waals surface area contributed by atoms with E-state index in [2.05, 4.69) is 65.6 Å². The molecule has 3 heteroatoms. The summed E-state index contributed by atoms with van der Waals surface area (Å²) in [4.78, 5) is 14.4. The number of pyridine rings is 1. The van der Waals surface area contributed by atoms with E-state index in [1.54, 1.807) is 0 Å². The zero-order chi connectivity index (χ0) is 22.7. The van der Waals surface area contributed by atoms with Crippen LogP contribution in [0.5, 0.6) is 0 Å². The van der Waals surface area contributed by atoms with Gasteiger partial charge in [-0.2, -0.15) is 0 Å². The van der Waals surface area contributed by atoms with E-state index >= 15 is 0 Å². The zero-order valence-corrected chi connectivity index (χ0v) is 18.5. The Bertz CT molecular complexity index is 1560. The molecule has 2 aromatic heterocycles. The molecule has 2 heterocycles. The van der Waals surface area contributed by atoms with E-state index < -0.39 is 0 Å². The second-order valence-corrected chi connectivity index (χ2v) is 8.15. The van der Waals surface area contributed by atoms with Gasteiger partial charge in [0.1, 0.15) is 0 Å². The van der Waals surface area contributed by atoms with Crippen molar-refractivity contribution in [3.8, 4) is 44.9 Å². The van der Waals surface area contributed by atoms with Gasteiger partial charge in [-0.1, -0.05) is 97.1 Å². The molecule has 0 unspecified atom stereocenters. The van der Waals surface area contributed by atoms with Crippen molar-refractivity contribution in [2.45, 2.75) is 0 Å². The van der Waals surface area contributed by atoms with Gasteiger partial charge in [-0.3, -0.25) is 4.98 Å². The number of hydrogen-bond donors (Lipinski definition) is 0. The van der Waals surface area contributed by atoms with Crippen molar-refractivity contribution in [3.63, 3.8) is 0 Å². The third-order valence-electron chi connectivity index (χ3n) is 5.96. The molecule has 0 atom stereocenters. The lowest BCUT2D eigenvalue weighted by molar-refractivity contribution is 1.29. The highest BCUT2D eigenvalue weighted by atomic mass is 14.8. The average Bonchev–Trinajstić information content (AvgIpc) is 2.93. The molecule has 3 nitrogen and oxygen atoms in total. The van der Waals surface area contributed by atoms with Gasteiger partial charge in [-0.15, -0.1) is 0 Å². The van der Waals surface area contributed by atoms with Crippen molar-refractivity contribution in [2.24, 2.45) is 0 Å². The molecule has 6 rings (SSSR count). The first-order valence-electron chi connectivity index (χ1n) is 11.3. The highest BCUT2D eigenvalue weighted by Gasteiger charge is 2.13. The second-order valence-electron chi connectivity index (χ2n) is 8.15. The van der Waals surface area contributed by atoms with Gasteiger partial charge < -0.3 is 0 Å². The van der Waals surface area contributed by atoms with Crippen LogP contribution < -0.4 is 0 Å². The highest BCUT2D eigenvalue weighted by molar-refractivity contribution is 5.86. The Kier molecular flexibility index (Phi) is 5.13. The van der Waals surface area contributed by atoms with Crippen molar-refractivity contribution < 1.29 is 0 Å². The molecule has 0 saturated heterocycles. The van der Waals surface area contributed by atoms with Crippen LogP contribution in [0, 0.1) is 0 Å². The molecule has 0 fully saturated rings. The fourth-order valence-corrected chi connectivity index (χ4v) is 4.19. The van der Waals surface area contributed by atoms with Crippen LogP contribution in [0.2, 0.25) is 0 Å². The largest absolute Gasteiger partial charge is 0.256 e. The molecule has 0 N–H and O–H groups in total. The Morgan fingerprint density at radius 3 is 1.38 bits per heavy atom. The maximum atomic E-state index is 5.00. The van der Waals surface area contributed by atoms with E-state index in [1.165, 1.54) is 5.56 Å². The number of rotatable bonds is 4. The molecular formula is C31H21N3. The Morgan fingerprint density at radius 2 is 0.824 bits per heavy atom. The summed E-state index contributed by atoms with van der Waals surface area (Å²) in [6.07, 6.45) is 1.82. The number of fused-ring (bicyclic) bond motifs is 1. The summed E-state index contributed by atoms with van der Waals surface area (Å²) < 4.78 is 0. The molecule has 0 saturated carbocycles. The first-order valence-corrected chi connectivity index (χ1v) is 11.3. The summed E-state index contributed by atoms with van der Waals surface area (Å²) in [5.74, 6) is 0. The average molecular weight is 436 g/mol. The third-order valence-corrected chi connectivity index (χ3v) is 5.96. The fourth-order valence-electron chi connectivity index (χ4n) is 4.19. The summed E-state index contributed by atoms with van der Waals surface area (Å²) in [7, 11) is 0. The van der Waals surface area contributed by atoms with Crippen molar-refractivity contribution in [2.75, 3.05) is 0 Å². The van der Waals surface area contributed by atoms with Crippen LogP contribution in [-0.4, -0.2) is 15.0 Å². The SMILES string of the molecule is c1ccc(-c2nc3ccccc3nc2-c2ccc(-c3ccc(-c4ccccn4)cc3)cc2)cc1. The quantitative estimate of drug-likeness (QED) is 0.285. The van der Waals surface area contributed by atoms with E-state index in [9.17, 15) is 0 Å². The molecule has 34 heavy (non-hydrogen) atoms. The van der Waals surface area contributed by atoms with E-state index in [4.69, 9.17) is 9.97 Å².